The number of amides is 1. The van der Waals surface area contributed by atoms with Crippen LogP contribution < -0.4 is 4.74 Å². The van der Waals surface area contributed by atoms with Crippen LogP contribution in [0.25, 0.3) is 0 Å². The molecule has 24 heavy (non-hydrogen) atoms. The van der Waals surface area contributed by atoms with Gasteiger partial charge in [0.25, 0.3) is 0 Å². The molecule has 1 aliphatic carbocycles. The molecule has 1 aromatic rings. The van der Waals surface area contributed by atoms with Crippen molar-refractivity contribution < 1.29 is 24.2 Å². The van der Waals surface area contributed by atoms with Gasteiger partial charge in [0.05, 0.1) is 20.1 Å². The molecule has 0 bridgehead atoms. The second-order valence-corrected chi connectivity index (χ2v) is 6.46. The molecule has 2 fully saturated rings. The molecule has 0 unspecified atom stereocenters. The van der Waals surface area contributed by atoms with E-state index in [0.29, 0.717) is 12.8 Å². The van der Waals surface area contributed by atoms with Crippen LogP contribution in [0.15, 0.2) is 24.3 Å². The third-order valence-corrected chi connectivity index (χ3v) is 4.96. The Morgan fingerprint density at radius 1 is 1.25 bits per heavy atom. The quantitative estimate of drug-likeness (QED) is 0.914. The van der Waals surface area contributed by atoms with Crippen molar-refractivity contribution in [1.29, 1.82) is 0 Å². The fourth-order valence-corrected chi connectivity index (χ4v) is 3.74. The fourth-order valence-electron chi connectivity index (χ4n) is 3.74. The highest BCUT2D eigenvalue weighted by Crippen LogP contribution is 2.40. The van der Waals surface area contributed by atoms with Crippen LogP contribution >= 0.6 is 0 Å². The number of carbonyl (C=O) groups excluding carboxylic acids is 1. The molecule has 3 rings (SSSR count). The Morgan fingerprint density at radius 3 is 2.50 bits per heavy atom. The van der Waals surface area contributed by atoms with Crippen molar-refractivity contribution in [3.8, 4) is 5.75 Å². The van der Waals surface area contributed by atoms with E-state index in [1.807, 2.05) is 12.1 Å². The lowest BCUT2D eigenvalue weighted by molar-refractivity contribution is -0.163. The Labute approximate surface area is 141 Å². The van der Waals surface area contributed by atoms with E-state index >= 15 is 0 Å². The summed E-state index contributed by atoms with van der Waals surface area (Å²) in [6.45, 7) is 0.0731. The molecule has 1 aliphatic heterocycles. The zero-order chi connectivity index (χ0) is 17.2. The van der Waals surface area contributed by atoms with E-state index < -0.39 is 17.7 Å². The Hall–Kier alpha value is -2.08. The van der Waals surface area contributed by atoms with Crippen molar-refractivity contribution in [1.82, 2.24) is 4.90 Å². The fraction of sp³-hybridized carbons (Fsp3) is 0.556. The van der Waals surface area contributed by atoms with Crippen LogP contribution in [0.1, 0.15) is 37.7 Å². The number of carboxylic acid groups (broad SMARTS) is 1. The molecule has 6 nitrogen and oxygen atoms in total. The van der Waals surface area contributed by atoms with Gasteiger partial charge in [0, 0.05) is 0 Å². The molecule has 1 amide bonds. The minimum absolute atomic E-state index is 0.0731. The first-order valence-corrected chi connectivity index (χ1v) is 8.37. The van der Waals surface area contributed by atoms with E-state index in [9.17, 15) is 14.7 Å². The van der Waals surface area contributed by atoms with Crippen molar-refractivity contribution in [2.24, 2.45) is 0 Å². The monoisotopic (exact) mass is 333 g/mol. The molecule has 1 saturated heterocycles. The highest BCUT2D eigenvalue weighted by atomic mass is 16.5. The van der Waals surface area contributed by atoms with Crippen molar-refractivity contribution in [2.75, 3.05) is 13.7 Å². The maximum atomic E-state index is 12.9. The van der Waals surface area contributed by atoms with Gasteiger partial charge in [0.15, 0.2) is 6.04 Å². The second-order valence-electron chi connectivity index (χ2n) is 6.46. The number of carboxylic acids is 1. The number of methoxy groups -OCH3 is 1. The Balaban J connectivity index is 1.81. The van der Waals surface area contributed by atoms with E-state index in [2.05, 4.69) is 0 Å². The summed E-state index contributed by atoms with van der Waals surface area (Å²) >= 11 is 0. The Kier molecular flexibility index (Phi) is 4.76. The van der Waals surface area contributed by atoms with Gasteiger partial charge in [-0.15, -0.1) is 0 Å². The second kappa shape index (κ2) is 6.81. The topological polar surface area (TPSA) is 76.1 Å². The SMILES string of the molecule is COc1ccc(CC(=O)N2[C@@H](C(=O)O)COC23CCCCC3)cc1. The van der Waals surface area contributed by atoms with Gasteiger partial charge < -0.3 is 14.6 Å². The van der Waals surface area contributed by atoms with Crippen LogP contribution in [-0.4, -0.2) is 47.4 Å². The molecule has 1 heterocycles. The number of benzene rings is 1. The molecule has 0 radical (unpaired) electrons. The largest absolute Gasteiger partial charge is 0.497 e. The number of hydrogen-bond donors (Lipinski definition) is 1. The smallest absolute Gasteiger partial charge is 0.328 e. The first-order chi connectivity index (χ1) is 11.6. The van der Waals surface area contributed by atoms with Crippen molar-refractivity contribution in [3.63, 3.8) is 0 Å². The summed E-state index contributed by atoms with van der Waals surface area (Å²) < 4.78 is 11.0. The van der Waals surface area contributed by atoms with E-state index in [1.165, 1.54) is 4.90 Å². The number of hydrogen-bond acceptors (Lipinski definition) is 4. The lowest BCUT2D eigenvalue weighted by Crippen LogP contribution is -2.55. The van der Waals surface area contributed by atoms with Gasteiger partial charge in [0.1, 0.15) is 11.5 Å². The van der Waals surface area contributed by atoms with Crippen LogP contribution in [-0.2, 0) is 20.7 Å². The summed E-state index contributed by atoms with van der Waals surface area (Å²) in [7, 11) is 1.59. The predicted molar refractivity (Wildman–Crippen MR) is 86.7 cm³/mol. The highest BCUT2D eigenvalue weighted by Gasteiger charge is 2.52. The molecule has 130 valence electrons. The zero-order valence-electron chi connectivity index (χ0n) is 13.9. The van der Waals surface area contributed by atoms with Gasteiger partial charge in [-0.2, -0.15) is 0 Å². The average molecular weight is 333 g/mol. The van der Waals surface area contributed by atoms with E-state index in [-0.39, 0.29) is 18.9 Å². The first kappa shape index (κ1) is 16.8. The van der Waals surface area contributed by atoms with E-state index in [4.69, 9.17) is 9.47 Å². The third-order valence-electron chi connectivity index (χ3n) is 4.96. The number of carbonyl (C=O) groups is 2. The minimum atomic E-state index is -1.000. The molecule has 1 saturated carbocycles. The molecule has 1 aromatic carbocycles. The van der Waals surface area contributed by atoms with Gasteiger partial charge in [-0.05, 0) is 43.4 Å². The summed E-state index contributed by atoms with van der Waals surface area (Å²) in [5.41, 5.74) is 0.105. The van der Waals surface area contributed by atoms with Gasteiger partial charge in [-0.1, -0.05) is 18.6 Å². The summed E-state index contributed by atoms with van der Waals surface area (Å²) in [6.07, 6.45) is 4.61. The molecule has 1 atom stereocenters. The van der Waals surface area contributed by atoms with Gasteiger partial charge >= 0.3 is 5.97 Å². The maximum absolute atomic E-state index is 12.9. The zero-order valence-corrected chi connectivity index (χ0v) is 13.9. The minimum Gasteiger partial charge on any atom is -0.497 e. The third kappa shape index (κ3) is 3.11. The van der Waals surface area contributed by atoms with Crippen LogP contribution in [0.5, 0.6) is 5.75 Å². The molecular formula is C18H23NO5. The summed E-state index contributed by atoms with van der Waals surface area (Å²) in [4.78, 5) is 26.0. The molecular weight excluding hydrogens is 310 g/mol. The van der Waals surface area contributed by atoms with Crippen LogP contribution in [0.4, 0.5) is 0 Å². The Morgan fingerprint density at radius 2 is 1.92 bits per heavy atom. The lowest BCUT2D eigenvalue weighted by atomic mass is 9.89. The summed E-state index contributed by atoms with van der Waals surface area (Å²) in [5, 5.41) is 9.49. The standard InChI is InChI=1S/C18H23NO5/c1-23-14-7-5-13(6-8-14)11-16(20)19-15(17(21)22)12-24-18(19)9-3-2-4-10-18/h5-8,15H,2-4,9-12H2,1H3,(H,21,22)/t15-/m1/s1. The van der Waals surface area contributed by atoms with Crippen molar-refractivity contribution in [3.05, 3.63) is 29.8 Å². The first-order valence-electron chi connectivity index (χ1n) is 8.37. The van der Waals surface area contributed by atoms with E-state index in [0.717, 1.165) is 30.6 Å². The maximum Gasteiger partial charge on any atom is 0.328 e. The van der Waals surface area contributed by atoms with Gasteiger partial charge in [0.2, 0.25) is 5.91 Å². The normalized spacial score (nSPS) is 22.5. The number of aliphatic carboxylic acids is 1. The predicted octanol–water partition coefficient (Wildman–Crippen LogP) is 2.21. The van der Waals surface area contributed by atoms with E-state index in [1.54, 1.807) is 19.2 Å². The van der Waals surface area contributed by atoms with Crippen LogP contribution in [0.3, 0.4) is 0 Å². The molecule has 1 N–H and O–H groups in total. The average Bonchev–Trinajstić information content (AvgIpc) is 2.95. The number of ether oxygens (including phenoxy) is 2. The summed E-state index contributed by atoms with van der Waals surface area (Å²) in [5.74, 6) is -0.463. The molecule has 6 heteroatoms. The Bertz CT molecular complexity index is 606. The molecule has 0 aromatic heterocycles. The number of nitrogens with zero attached hydrogens (tertiary/aromatic N) is 1. The van der Waals surface area contributed by atoms with Gasteiger partial charge in [-0.3, -0.25) is 9.69 Å². The summed E-state index contributed by atoms with van der Waals surface area (Å²) in [6, 6.07) is 6.37. The molecule has 1 spiro atoms. The van der Waals surface area contributed by atoms with Crippen LogP contribution in [0.2, 0.25) is 0 Å². The van der Waals surface area contributed by atoms with Crippen LogP contribution in [0, 0.1) is 0 Å². The number of rotatable bonds is 4. The van der Waals surface area contributed by atoms with Crippen molar-refractivity contribution in [2.45, 2.75) is 50.3 Å². The van der Waals surface area contributed by atoms with Crippen molar-refractivity contribution >= 4 is 11.9 Å². The highest BCUT2D eigenvalue weighted by molar-refractivity contribution is 5.86. The molecule has 2 aliphatic rings. The lowest BCUT2D eigenvalue weighted by Gasteiger charge is -2.41. The van der Waals surface area contributed by atoms with Gasteiger partial charge in [-0.25, -0.2) is 4.79 Å².